The molecular formula is C29H32ClF3N2O5S. The maximum atomic E-state index is 15.1. The Labute approximate surface area is 243 Å². The molecule has 0 saturated carbocycles. The maximum Gasteiger partial charge on any atom is 0.264 e. The number of hydrogen-bond acceptors (Lipinski definition) is 5. The second-order valence-electron chi connectivity index (χ2n) is 9.24. The number of anilines is 1. The van der Waals surface area contributed by atoms with Gasteiger partial charge in [0.2, 0.25) is 5.91 Å². The van der Waals surface area contributed by atoms with Gasteiger partial charge in [-0.3, -0.25) is 9.10 Å². The minimum absolute atomic E-state index is 0.0190. The van der Waals surface area contributed by atoms with Crippen molar-refractivity contribution in [3.8, 4) is 0 Å². The number of rotatable bonds is 14. The quantitative estimate of drug-likeness (QED) is 0.231. The highest BCUT2D eigenvalue weighted by atomic mass is 35.5. The summed E-state index contributed by atoms with van der Waals surface area (Å²) in [6, 6.07) is 10.4. The van der Waals surface area contributed by atoms with Crippen LogP contribution < -0.4 is 4.31 Å². The molecule has 0 aliphatic carbocycles. The van der Waals surface area contributed by atoms with Gasteiger partial charge in [0, 0.05) is 44.8 Å². The first kappa shape index (κ1) is 32.4. The van der Waals surface area contributed by atoms with Crippen LogP contribution in [-0.2, 0) is 30.7 Å². The van der Waals surface area contributed by atoms with Crippen LogP contribution in [0.1, 0.15) is 30.5 Å². The van der Waals surface area contributed by atoms with Crippen LogP contribution in [0.2, 0.25) is 5.02 Å². The van der Waals surface area contributed by atoms with Gasteiger partial charge in [0.05, 0.1) is 29.8 Å². The van der Waals surface area contributed by atoms with Crippen LogP contribution in [-0.4, -0.2) is 59.7 Å². The average Bonchev–Trinajstić information content (AvgIpc) is 2.94. The van der Waals surface area contributed by atoms with Gasteiger partial charge in [-0.1, -0.05) is 17.7 Å². The first-order valence-electron chi connectivity index (χ1n) is 12.8. The van der Waals surface area contributed by atoms with E-state index in [2.05, 4.69) is 0 Å². The van der Waals surface area contributed by atoms with E-state index in [1.807, 2.05) is 0 Å². The molecule has 1 atom stereocenters. The lowest BCUT2D eigenvalue weighted by atomic mass is 9.97. The summed E-state index contributed by atoms with van der Waals surface area (Å²) in [6.45, 7) is 2.77. The van der Waals surface area contributed by atoms with Gasteiger partial charge >= 0.3 is 0 Å². The van der Waals surface area contributed by atoms with Crippen molar-refractivity contribution in [2.75, 3.05) is 44.8 Å². The molecule has 0 heterocycles. The Balaban J connectivity index is 2.04. The summed E-state index contributed by atoms with van der Waals surface area (Å²) in [5, 5.41) is 0.288. The van der Waals surface area contributed by atoms with Crippen LogP contribution in [0.4, 0.5) is 18.9 Å². The van der Waals surface area contributed by atoms with Gasteiger partial charge in [0.15, 0.2) is 0 Å². The molecule has 7 nitrogen and oxygen atoms in total. The lowest BCUT2D eigenvalue weighted by Gasteiger charge is -2.32. The smallest absolute Gasteiger partial charge is 0.264 e. The zero-order valence-corrected chi connectivity index (χ0v) is 24.5. The van der Waals surface area contributed by atoms with E-state index in [-0.39, 0.29) is 28.7 Å². The normalized spacial score (nSPS) is 12.3. The second kappa shape index (κ2) is 14.7. The molecule has 0 aliphatic heterocycles. The number of sulfonamides is 1. The zero-order valence-electron chi connectivity index (χ0n) is 22.9. The van der Waals surface area contributed by atoms with Crippen molar-refractivity contribution in [3.05, 3.63) is 94.3 Å². The molecule has 3 rings (SSSR count). The number of carbonyl (C=O) groups excluding carboxylic acids is 1. The molecule has 222 valence electrons. The van der Waals surface area contributed by atoms with Gasteiger partial charge in [-0.2, -0.15) is 0 Å². The van der Waals surface area contributed by atoms with Gasteiger partial charge < -0.3 is 14.4 Å². The van der Waals surface area contributed by atoms with Crippen LogP contribution >= 0.6 is 11.6 Å². The van der Waals surface area contributed by atoms with Gasteiger partial charge in [-0.25, -0.2) is 21.6 Å². The number of aryl methyl sites for hydroxylation is 1. The van der Waals surface area contributed by atoms with Crippen molar-refractivity contribution in [1.82, 2.24) is 4.90 Å². The minimum Gasteiger partial charge on any atom is -0.383 e. The molecule has 3 aromatic rings. The summed E-state index contributed by atoms with van der Waals surface area (Å²) < 4.78 is 82.5. The molecule has 12 heteroatoms. The Morgan fingerprint density at radius 3 is 2.10 bits per heavy atom. The summed E-state index contributed by atoms with van der Waals surface area (Å²) in [5.41, 5.74) is 0.141. The Morgan fingerprint density at radius 1 is 0.902 bits per heavy atom. The number of nitrogens with zero attached hydrogens (tertiary/aromatic N) is 2. The van der Waals surface area contributed by atoms with E-state index < -0.39 is 39.2 Å². The summed E-state index contributed by atoms with van der Waals surface area (Å²) in [4.78, 5) is 14.4. The van der Waals surface area contributed by atoms with Gasteiger partial charge in [-0.15, -0.1) is 0 Å². The third-order valence-electron chi connectivity index (χ3n) is 6.51. The van der Waals surface area contributed by atoms with Crippen molar-refractivity contribution in [2.24, 2.45) is 0 Å². The monoisotopic (exact) mass is 612 g/mol. The number of hydrogen-bond donors (Lipinski definition) is 0. The molecule has 0 aliphatic rings. The lowest BCUT2D eigenvalue weighted by molar-refractivity contribution is -0.132. The number of benzene rings is 3. The maximum absolute atomic E-state index is 15.1. The summed E-state index contributed by atoms with van der Waals surface area (Å²) in [6.07, 6.45) is 0.0437. The van der Waals surface area contributed by atoms with Gasteiger partial charge in [-0.05, 0) is 73.0 Å². The van der Waals surface area contributed by atoms with Crippen LogP contribution in [0, 0.1) is 17.5 Å². The van der Waals surface area contributed by atoms with E-state index in [9.17, 15) is 22.0 Å². The number of amides is 1. The van der Waals surface area contributed by atoms with Gasteiger partial charge in [0.1, 0.15) is 17.5 Å². The van der Waals surface area contributed by atoms with E-state index >= 15 is 4.39 Å². The fraction of sp³-hybridized carbons (Fsp3) is 0.345. The summed E-state index contributed by atoms with van der Waals surface area (Å²) >= 11 is 5.94. The predicted molar refractivity (Wildman–Crippen MR) is 151 cm³/mol. The van der Waals surface area contributed by atoms with Crippen LogP contribution in [0.3, 0.4) is 0 Å². The van der Waals surface area contributed by atoms with Crippen LogP contribution in [0.5, 0.6) is 0 Å². The fourth-order valence-corrected chi connectivity index (χ4v) is 6.17. The highest BCUT2D eigenvalue weighted by Crippen LogP contribution is 2.37. The van der Waals surface area contributed by atoms with Crippen molar-refractivity contribution in [1.29, 1.82) is 0 Å². The largest absolute Gasteiger partial charge is 0.383 e. The van der Waals surface area contributed by atoms with E-state index in [0.29, 0.717) is 37.4 Å². The average molecular weight is 613 g/mol. The first-order valence-corrected chi connectivity index (χ1v) is 14.6. The number of halogens is 4. The summed E-state index contributed by atoms with van der Waals surface area (Å²) in [5.74, 6) is -2.64. The number of ether oxygens (including phenoxy) is 2. The predicted octanol–water partition coefficient (Wildman–Crippen LogP) is 5.77. The first-order chi connectivity index (χ1) is 19.5. The van der Waals surface area contributed by atoms with E-state index in [0.717, 1.165) is 28.6 Å². The van der Waals surface area contributed by atoms with Gasteiger partial charge in [0.25, 0.3) is 10.0 Å². The lowest BCUT2D eigenvalue weighted by Crippen LogP contribution is -2.37. The van der Waals surface area contributed by atoms with Crippen molar-refractivity contribution >= 4 is 33.2 Å². The number of methoxy groups -OCH3 is 2. The van der Waals surface area contributed by atoms with Crippen LogP contribution in [0.15, 0.2) is 65.6 Å². The molecular weight excluding hydrogens is 581 g/mol. The Kier molecular flexibility index (Phi) is 11.6. The standard InChI is InChI=1S/C29H32ClF3N2O5S/c1-20(26-11-7-23(31)18-21(26)4-13-29(36)34(14-16-39-2)15-17-40-3)35(28-19-24(32)8-12-27(28)33)41(37,38)25-9-5-22(30)6-10-25/h5-12,18-20H,4,13-17H2,1-3H3/t20-/m1/s1. The Hall–Kier alpha value is -3.12. The van der Waals surface area contributed by atoms with E-state index in [4.69, 9.17) is 21.1 Å². The Morgan fingerprint density at radius 2 is 1.49 bits per heavy atom. The van der Waals surface area contributed by atoms with Crippen LogP contribution in [0.25, 0.3) is 0 Å². The molecule has 0 radical (unpaired) electrons. The third kappa shape index (κ3) is 8.22. The number of carbonyl (C=O) groups is 1. The molecule has 0 saturated heterocycles. The molecule has 41 heavy (non-hydrogen) atoms. The zero-order chi connectivity index (χ0) is 30.2. The fourth-order valence-electron chi connectivity index (χ4n) is 4.41. The Bertz CT molecular complexity index is 1430. The molecule has 0 aromatic heterocycles. The molecule has 3 aromatic carbocycles. The second-order valence-corrected chi connectivity index (χ2v) is 11.5. The molecule has 0 N–H and O–H groups in total. The highest BCUT2D eigenvalue weighted by molar-refractivity contribution is 7.92. The third-order valence-corrected chi connectivity index (χ3v) is 8.67. The van der Waals surface area contributed by atoms with Crippen molar-refractivity contribution in [3.63, 3.8) is 0 Å². The molecule has 0 fully saturated rings. The molecule has 0 unspecified atom stereocenters. The molecule has 0 spiro atoms. The highest BCUT2D eigenvalue weighted by Gasteiger charge is 2.34. The SMILES string of the molecule is COCCN(CCOC)C(=O)CCc1cc(F)ccc1[C@@H](C)N(c1cc(F)ccc1F)S(=O)(=O)c1ccc(Cl)cc1. The van der Waals surface area contributed by atoms with Crippen molar-refractivity contribution < 1.29 is 35.9 Å². The summed E-state index contributed by atoms with van der Waals surface area (Å²) in [7, 11) is -1.44. The van der Waals surface area contributed by atoms with E-state index in [1.165, 1.54) is 57.5 Å². The molecule has 0 bridgehead atoms. The molecule has 1 amide bonds. The van der Waals surface area contributed by atoms with E-state index in [1.54, 1.807) is 4.90 Å². The minimum atomic E-state index is -4.48. The van der Waals surface area contributed by atoms with Crippen molar-refractivity contribution in [2.45, 2.75) is 30.7 Å². The topological polar surface area (TPSA) is 76.2 Å².